The van der Waals surface area contributed by atoms with E-state index in [1.54, 1.807) is 0 Å². The van der Waals surface area contributed by atoms with Gasteiger partial charge in [-0.1, -0.05) is 53.4 Å². The van der Waals surface area contributed by atoms with Crippen molar-refractivity contribution < 1.29 is 0 Å². The third-order valence-electron chi connectivity index (χ3n) is 3.01. The van der Waals surface area contributed by atoms with Crippen LogP contribution in [0.2, 0.25) is 0 Å². The highest BCUT2D eigenvalue weighted by molar-refractivity contribution is 7.99. The normalized spacial score (nSPS) is 26.6. The molecule has 1 rings (SSSR count). The Morgan fingerprint density at radius 2 is 1.64 bits per heavy atom. The van der Waals surface area contributed by atoms with E-state index in [0.29, 0.717) is 0 Å². The van der Waals surface area contributed by atoms with Gasteiger partial charge in [0.25, 0.3) is 0 Å². The molecule has 0 aliphatic heterocycles. The van der Waals surface area contributed by atoms with Crippen LogP contribution in [0, 0.1) is 11.8 Å². The maximum Gasteiger partial charge on any atom is -0.00650 e. The van der Waals surface area contributed by atoms with Crippen molar-refractivity contribution >= 4 is 11.8 Å². The van der Waals surface area contributed by atoms with Gasteiger partial charge in [0, 0.05) is 0 Å². The predicted octanol–water partition coefficient (Wildman–Crippen LogP) is 4.98. The van der Waals surface area contributed by atoms with E-state index >= 15 is 0 Å². The topological polar surface area (TPSA) is 0 Å². The molecule has 1 fully saturated rings. The Kier molecular flexibility index (Phi) is 10.1. The molecule has 1 aliphatic carbocycles. The summed E-state index contributed by atoms with van der Waals surface area (Å²) in [5, 5.41) is 0. The number of hydrogen-bond acceptors (Lipinski definition) is 1. The molecule has 0 heterocycles. The molecule has 0 nitrogen and oxygen atoms in total. The van der Waals surface area contributed by atoms with Gasteiger partial charge in [-0.25, -0.2) is 0 Å². The standard InChI is InChI=1S/C11H22S.C2H6/c1-3-12-9-8-11-6-4-10(2)5-7-11;1-2/h10-11H,3-9H2,1-2H3;1-2H3. The first kappa shape index (κ1) is 14.3. The average molecular weight is 216 g/mol. The second kappa shape index (κ2) is 9.89. The van der Waals surface area contributed by atoms with Crippen LogP contribution in [0.4, 0.5) is 0 Å². The molecule has 0 bridgehead atoms. The van der Waals surface area contributed by atoms with Gasteiger partial charge in [-0.05, 0) is 29.8 Å². The lowest BCUT2D eigenvalue weighted by molar-refractivity contribution is 0.285. The SMILES string of the molecule is CC.CCSCCC1CCC(C)CC1. The van der Waals surface area contributed by atoms with Gasteiger partial charge in [0.05, 0.1) is 0 Å². The van der Waals surface area contributed by atoms with Crippen LogP contribution in [0.1, 0.15) is 59.8 Å². The van der Waals surface area contributed by atoms with Gasteiger partial charge in [0.15, 0.2) is 0 Å². The van der Waals surface area contributed by atoms with E-state index in [-0.39, 0.29) is 0 Å². The van der Waals surface area contributed by atoms with E-state index in [2.05, 4.69) is 25.6 Å². The third-order valence-corrected chi connectivity index (χ3v) is 3.94. The van der Waals surface area contributed by atoms with Crippen molar-refractivity contribution in [3.63, 3.8) is 0 Å². The molecule has 0 aromatic heterocycles. The van der Waals surface area contributed by atoms with Crippen LogP contribution < -0.4 is 0 Å². The first-order valence-electron chi connectivity index (χ1n) is 6.40. The lowest BCUT2D eigenvalue weighted by Crippen LogP contribution is -2.12. The fourth-order valence-electron chi connectivity index (χ4n) is 2.01. The van der Waals surface area contributed by atoms with Crippen LogP contribution in [0.5, 0.6) is 0 Å². The summed E-state index contributed by atoms with van der Waals surface area (Å²) in [6.45, 7) is 8.66. The van der Waals surface area contributed by atoms with Crippen molar-refractivity contribution in [1.29, 1.82) is 0 Å². The monoisotopic (exact) mass is 216 g/mol. The van der Waals surface area contributed by atoms with Crippen molar-refractivity contribution in [3.05, 3.63) is 0 Å². The zero-order valence-electron chi connectivity index (χ0n) is 10.5. The summed E-state index contributed by atoms with van der Waals surface area (Å²) in [7, 11) is 0. The number of rotatable bonds is 4. The van der Waals surface area contributed by atoms with Crippen LogP contribution in [0.3, 0.4) is 0 Å². The summed E-state index contributed by atoms with van der Waals surface area (Å²) in [4.78, 5) is 0. The molecule has 0 saturated heterocycles. The van der Waals surface area contributed by atoms with E-state index < -0.39 is 0 Å². The Morgan fingerprint density at radius 3 is 2.14 bits per heavy atom. The quantitative estimate of drug-likeness (QED) is 0.597. The third kappa shape index (κ3) is 6.75. The molecule has 1 saturated carbocycles. The minimum Gasteiger partial charge on any atom is -0.162 e. The van der Waals surface area contributed by atoms with Crippen LogP contribution in [0.25, 0.3) is 0 Å². The summed E-state index contributed by atoms with van der Waals surface area (Å²) in [6.07, 6.45) is 7.46. The molecule has 14 heavy (non-hydrogen) atoms. The summed E-state index contributed by atoms with van der Waals surface area (Å²) >= 11 is 2.10. The molecular formula is C13H28S. The lowest BCUT2D eigenvalue weighted by atomic mass is 9.82. The maximum absolute atomic E-state index is 2.40. The van der Waals surface area contributed by atoms with E-state index in [4.69, 9.17) is 0 Å². The average Bonchev–Trinajstić information content (AvgIpc) is 2.24. The zero-order valence-corrected chi connectivity index (χ0v) is 11.3. The first-order chi connectivity index (χ1) is 6.83. The first-order valence-corrected chi connectivity index (χ1v) is 7.56. The van der Waals surface area contributed by atoms with E-state index in [0.717, 1.165) is 11.8 Å². The van der Waals surface area contributed by atoms with Crippen LogP contribution >= 0.6 is 11.8 Å². The molecule has 0 spiro atoms. The Balaban J connectivity index is 0.000000791. The number of hydrogen-bond donors (Lipinski definition) is 0. The predicted molar refractivity (Wildman–Crippen MR) is 70.1 cm³/mol. The Morgan fingerprint density at radius 1 is 1.07 bits per heavy atom. The summed E-state index contributed by atoms with van der Waals surface area (Å²) in [5.41, 5.74) is 0. The Bertz CT molecular complexity index is 104. The van der Waals surface area contributed by atoms with Crippen LogP contribution in [-0.2, 0) is 0 Å². The van der Waals surface area contributed by atoms with Gasteiger partial charge in [-0.3, -0.25) is 0 Å². The van der Waals surface area contributed by atoms with E-state index in [1.165, 1.54) is 43.6 Å². The van der Waals surface area contributed by atoms with Gasteiger partial charge in [-0.2, -0.15) is 11.8 Å². The molecule has 0 atom stereocenters. The van der Waals surface area contributed by atoms with Gasteiger partial charge < -0.3 is 0 Å². The second-order valence-electron chi connectivity index (χ2n) is 4.11. The van der Waals surface area contributed by atoms with Crippen LogP contribution in [-0.4, -0.2) is 11.5 Å². The molecule has 0 aromatic rings. The summed E-state index contributed by atoms with van der Waals surface area (Å²) in [5.74, 6) is 4.78. The Labute approximate surface area is 95.2 Å². The molecule has 0 N–H and O–H groups in total. The van der Waals surface area contributed by atoms with E-state index in [9.17, 15) is 0 Å². The molecule has 1 aliphatic rings. The van der Waals surface area contributed by atoms with E-state index in [1.807, 2.05) is 13.8 Å². The second-order valence-corrected chi connectivity index (χ2v) is 5.51. The van der Waals surface area contributed by atoms with Gasteiger partial charge in [0.2, 0.25) is 0 Å². The fraction of sp³-hybridized carbons (Fsp3) is 1.00. The van der Waals surface area contributed by atoms with Crippen molar-refractivity contribution in [2.75, 3.05) is 11.5 Å². The smallest absolute Gasteiger partial charge is 0.00650 e. The molecule has 0 amide bonds. The zero-order chi connectivity index (χ0) is 10.8. The maximum atomic E-state index is 2.40. The molecule has 1 heteroatoms. The number of thioether (sulfide) groups is 1. The minimum absolute atomic E-state index is 1.01. The molecule has 0 aromatic carbocycles. The summed E-state index contributed by atoms with van der Waals surface area (Å²) in [6, 6.07) is 0. The van der Waals surface area contributed by atoms with Crippen molar-refractivity contribution in [1.82, 2.24) is 0 Å². The fourth-order valence-corrected chi connectivity index (χ4v) is 2.80. The molecule has 86 valence electrons. The largest absolute Gasteiger partial charge is 0.162 e. The summed E-state index contributed by atoms with van der Waals surface area (Å²) < 4.78 is 0. The van der Waals surface area contributed by atoms with Crippen LogP contribution in [0.15, 0.2) is 0 Å². The van der Waals surface area contributed by atoms with Gasteiger partial charge >= 0.3 is 0 Å². The Hall–Kier alpha value is 0.350. The van der Waals surface area contributed by atoms with Crippen molar-refractivity contribution in [2.24, 2.45) is 11.8 Å². The van der Waals surface area contributed by atoms with Gasteiger partial charge in [0.1, 0.15) is 0 Å². The van der Waals surface area contributed by atoms with Crippen molar-refractivity contribution in [3.8, 4) is 0 Å². The minimum atomic E-state index is 1.01. The highest BCUT2D eigenvalue weighted by Gasteiger charge is 2.17. The molecule has 0 unspecified atom stereocenters. The molecular weight excluding hydrogens is 188 g/mol. The van der Waals surface area contributed by atoms with Gasteiger partial charge in [-0.15, -0.1) is 0 Å². The highest BCUT2D eigenvalue weighted by atomic mass is 32.2. The highest BCUT2D eigenvalue weighted by Crippen LogP contribution is 2.30. The lowest BCUT2D eigenvalue weighted by Gasteiger charge is -2.25. The van der Waals surface area contributed by atoms with Crippen molar-refractivity contribution in [2.45, 2.75) is 59.8 Å². The molecule has 0 radical (unpaired) electrons.